The minimum Gasteiger partial charge on any atom is -0.481 e. The molecule has 0 spiro atoms. The van der Waals surface area contributed by atoms with Crippen molar-refractivity contribution in [1.29, 1.82) is 0 Å². The molecule has 1 aromatic carbocycles. The lowest BCUT2D eigenvalue weighted by molar-refractivity contribution is -0.137. The van der Waals surface area contributed by atoms with Gasteiger partial charge in [-0.25, -0.2) is 4.79 Å². The minimum absolute atomic E-state index is 0.0573. The first kappa shape index (κ1) is 16.4. The van der Waals surface area contributed by atoms with Crippen LogP contribution in [0, 0.1) is 0 Å². The van der Waals surface area contributed by atoms with Crippen LogP contribution in [-0.2, 0) is 4.79 Å². The second-order valence-corrected chi connectivity index (χ2v) is 5.47. The molecule has 0 unspecified atom stereocenters. The molecule has 0 fully saturated rings. The quantitative estimate of drug-likeness (QED) is 0.791. The molecular weight excluding hydrogens is 276 g/mol. The number of rotatable bonds is 6. The average molecular weight is 296 g/mol. The van der Waals surface area contributed by atoms with Crippen molar-refractivity contribution >= 4 is 29.4 Å². The Labute approximate surface area is 123 Å². The Morgan fingerprint density at radius 1 is 1.40 bits per heavy atom. The van der Waals surface area contributed by atoms with Gasteiger partial charge in [0.05, 0.1) is 6.42 Å². The molecule has 20 heavy (non-hydrogen) atoms. The summed E-state index contributed by atoms with van der Waals surface area (Å²) in [5.41, 5.74) is 0.711. The van der Waals surface area contributed by atoms with Crippen molar-refractivity contribution in [2.75, 3.05) is 18.1 Å². The highest BCUT2D eigenvalue weighted by molar-refractivity contribution is 7.98. The van der Waals surface area contributed by atoms with E-state index in [9.17, 15) is 9.59 Å². The molecule has 2 N–H and O–H groups in total. The molecule has 0 bridgehead atoms. The number of carboxylic acids is 1. The third kappa shape index (κ3) is 5.13. The number of nitrogens with one attached hydrogen (secondary N) is 1. The summed E-state index contributed by atoms with van der Waals surface area (Å²) < 4.78 is 0. The SMILES string of the molecule is CSc1cccc(NC(=O)N(CCC(=O)O)C(C)C)c1. The molecule has 5 nitrogen and oxygen atoms in total. The first-order valence-electron chi connectivity index (χ1n) is 6.37. The molecule has 0 radical (unpaired) electrons. The van der Waals surface area contributed by atoms with E-state index in [1.165, 1.54) is 4.90 Å². The van der Waals surface area contributed by atoms with Gasteiger partial charge in [-0.2, -0.15) is 0 Å². The fourth-order valence-electron chi connectivity index (χ4n) is 1.71. The zero-order chi connectivity index (χ0) is 15.1. The van der Waals surface area contributed by atoms with Crippen LogP contribution in [0.5, 0.6) is 0 Å². The van der Waals surface area contributed by atoms with Crippen molar-refractivity contribution in [1.82, 2.24) is 4.90 Å². The minimum atomic E-state index is -0.909. The number of benzene rings is 1. The zero-order valence-electron chi connectivity index (χ0n) is 11.9. The topological polar surface area (TPSA) is 69.6 Å². The summed E-state index contributed by atoms with van der Waals surface area (Å²) in [7, 11) is 0. The molecule has 0 heterocycles. The first-order valence-corrected chi connectivity index (χ1v) is 7.60. The standard InChI is InChI=1S/C14H20N2O3S/c1-10(2)16(8-7-13(17)18)14(19)15-11-5-4-6-12(9-11)20-3/h4-6,9-10H,7-8H2,1-3H3,(H,15,19)(H,17,18). The van der Waals surface area contributed by atoms with Crippen molar-refractivity contribution in [3.05, 3.63) is 24.3 Å². The van der Waals surface area contributed by atoms with Gasteiger partial charge < -0.3 is 15.3 Å². The molecule has 0 saturated heterocycles. The lowest BCUT2D eigenvalue weighted by atomic mass is 10.3. The summed E-state index contributed by atoms with van der Waals surface area (Å²) in [6, 6.07) is 7.20. The van der Waals surface area contributed by atoms with E-state index in [0.717, 1.165) is 4.90 Å². The van der Waals surface area contributed by atoms with Crippen LogP contribution in [0.4, 0.5) is 10.5 Å². The first-order chi connectivity index (χ1) is 9.43. The van der Waals surface area contributed by atoms with Crippen LogP contribution in [0.2, 0.25) is 0 Å². The van der Waals surface area contributed by atoms with Gasteiger partial charge in [0.25, 0.3) is 0 Å². The van der Waals surface area contributed by atoms with Crippen LogP contribution in [0.3, 0.4) is 0 Å². The van der Waals surface area contributed by atoms with Gasteiger partial charge >= 0.3 is 12.0 Å². The van der Waals surface area contributed by atoms with Crippen LogP contribution >= 0.6 is 11.8 Å². The number of anilines is 1. The van der Waals surface area contributed by atoms with Crippen LogP contribution in [0.1, 0.15) is 20.3 Å². The number of hydrogen-bond acceptors (Lipinski definition) is 3. The second kappa shape index (κ2) is 7.79. The number of carboxylic acid groups (broad SMARTS) is 1. The Kier molecular flexibility index (Phi) is 6.38. The maximum atomic E-state index is 12.2. The molecule has 0 aliphatic heterocycles. The Balaban J connectivity index is 2.72. The maximum absolute atomic E-state index is 12.2. The molecular formula is C14H20N2O3S. The van der Waals surface area contributed by atoms with E-state index in [0.29, 0.717) is 5.69 Å². The van der Waals surface area contributed by atoms with Crippen LogP contribution in [0.25, 0.3) is 0 Å². The molecule has 0 saturated carbocycles. The number of amides is 2. The highest BCUT2D eigenvalue weighted by Gasteiger charge is 2.18. The molecule has 1 aromatic rings. The van der Waals surface area contributed by atoms with Crippen molar-refractivity contribution in [3.8, 4) is 0 Å². The predicted octanol–water partition coefficient (Wildman–Crippen LogP) is 3.13. The average Bonchev–Trinajstić information content (AvgIpc) is 2.38. The smallest absolute Gasteiger partial charge is 0.322 e. The van der Waals surface area contributed by atoms with Gasteiger partial charge in [0, 0.05) is 23.2 Å². The lowest BCUT2D eigenvalue weighted by Crippen LogP contribution is -2.41. The fourth-order valence-corrected chi connectivity index (χ4v) is 2.17. The number of hydrogen-bond donors (Lipinski definition) is 2. The van der Waals surface area contributed by atoms with Crippen LogP contribution in [-0.4, -0.2) is 40.8 Å². The van der Waals surface area contributed by atoms with Gasteiger partial charge in [-0.15, -0.1) is 11.8 Å². The number of nitrogens with zero attached hydrogens (tertiary/aromatic N) is 1. The largest absolute Gasteiger partial charge is 0.481 e. The van der Waals surface area contributed by atoms with Crippen LogP contribution in [0.15, 0.2) is 29.2 Å². The van der Waals surface area contributed by atoms with E-state index in [4.69, 9.17) is 5.11 Å². The van der Waals surface area contributed by atoms with E-state index in [-0.39, 0.29) is 25.0 Å². The van der Waals surface area contributed by atoms with Crippen molar-refractivity contribution in [2.45, 2.75) is 31.2 Å². The number of urea groups is 1. The van der Waals surface area contributed by atoms with Crippen molar-refractivity contribution < 1.29 is 14.7 Å². The second-order valence-electron chi connectivity index (χ2n) is 4.59. The number of aliphatic carboxylic acids is 1. The number of carbonyl (C=O) groups excluding carboxylic acids is 1. The van der Waals surface area contributed by atoms with Gasteiger partial charge in [-0.05, 0) is 38.3 Å². The Hall–Kier alpha value is -1.69. The van der Waals surface area contributed by atoms with Crippen LogP contribution < -0.4 is 5.32 Å². The van der Waals surface area contributed by atoms with E-state index < -0.39 is 5.97 Å². The van der Waals surface area contributed by atoms with Gasteiger partial charge in [-0.3, -0.25) is 4.79 Å². The molecule has 1 rings (SSSR count). The maximum Gasteiger partial charge on any atom is 0.322 e. The molecule has 0 aliphatic rings. The Morgan fingerprint density at radius 3 is 2.65 bits per heavy atom. The van der Waals surface area contributed by atoms with Crippen molar-refractivity contribution in [2.24, 2.45) is 0 Å². The highest BCUT2D eigenvalue weighted by Crippen LogP contribution is 2.19. The molecule has 0 aliphatic carbocycles. The van der Waals surface area contributed by atoms with Crippen molar-refractivity contribution in [3.63, 3.8) is 0 Å². The predicted molar refractivity (Wildman–Crippen MR) is 81.3 cm³/mol. The van der Waals surface area contributed by atoms with E-state index >= 15 is 0 Å². The summed E-state index contributed by atoms with van der Waals surface area (Å²) in [5.74, 6) is -0.909. The summed E-state index contributed by atoms with van der Waals surface area (Å²) in [5, 5.41) is 11.5. The summed E-state index contributed by atoms with van der Waals surface area (Å²) in [6.07, 6.45) is 1.91. The highest BCUT2D eigenvalue weighted by atomic mass is 32.2. The number of carbonyl (C=O) groups is 2. The summed E-state index contributed by atoms with van der Waals surface area (Å²) in [4.78, 5) is 25.4. The lowest BCUT2D eigenvalue weighted by Gasteiger charge is -2.26. The van der Waals surface area contributed by atoms with Gasteiger partial charge in [0.15, 0.2) is 0 Å². The molecule has 110 valence electrons. The van der Waals surface area contributed by atoms with Gasteiger partial charge in [0.2, 0.25) is 0 Å². The molecule has 0 atom stereocenters. The fraction of sp³-hybridized carbons (Fsp3) is 0.429. The molecule has 0 aromatic heterocycles. The Morgan fingerprint density at radius 2 is 2.10 bits per heavy atom. The van der Waals surface area contributed by atoms with E-state index in [1.807, 2.05) is 44.4 Å². The third-order valence-electron chi connectivity index (χ3n) is 2.77. The molecule has 2 amide bonds. The third-order valence-corrected chi connectivity index (χ3v) is 3.50. The zero-order valence-corrected chi connectivity index (χ0v) is 12.7. The monoisotopic (exact) mass is 296 g/mol. The summed E-state index contributed by atoms with van der Waals surface area (Å²) in [6.45, 7) is 3.92. The number of thioether (sulfide) groups is 1. The summed E-state index contributed by atoms with van der Waals surface area (Å²) >= 11 is 1.60. The molecule has 6 heteroatoms. The van der Waals surface area contributed by atoms with Gasteiger partial charge in [-0.1, -0.05) is 6.07 Å². The van der Waals surface area contributed by atoms with Gasteiger partial charge in [0.1, 0.15) is 0 Å². The Bertz CT molecular complexity index is 477. The van der Waals surface area contributed by atoms with E-state index in [2.05, 4.69) is 5.32 Å². The van der Waals surface area contributed by atoms with E-state index in [1.54, 1.807) is 11.8 Å². The normalized spacial score (nSPS) is 10.4.